The average molecular weight is 452 g/mol. The Bertz CT molecular complexity index is 1420. The van der Waals surface area contributed by atoms with Crippen molar-refractivity contribution in [3.8, 4) is 22.8 Å². The van der Waals surface area contributed by atoms with E-state index in [0.717, 1.165) is 33.6 Å². The van der Waals surface area contributed by atoms with Gasteiger partial charge in [-0.2, -0.15) is 0 Å². The van der Waals surface area contributed by atoms with Gasteiger partial charge in [-0.25, -0.2) is 4.98 Å². The van der Waals surface area contributed by atoms with E-state index in [1.165, 1.54) is 0 Å². The van der Waals surface area contributed by atoms with Gasteiger partial charge in [0.2, 0.25) is 0 Å². The zero-order valence-corrected chi connectivity index (χ0v) is 18.9. The third-order valence-corrected chi connectivity index (χ3v) is 5.86. The number of methoxy groups -OCH3 is 1. The van der Waals surface area contributed by atoms with Crippen molar-refractivity contribution in [1.29, 1.82) is 0 Å². The Labute approximate surface area is 197 Å². The van der Waals surface area contributed by atoms with Gasteiger partial charge in [-0.1, -0.05) is 66.7 Å². The van der Waals surface area contributed by atoms with E-state index < -0.39 is 0 Å². The maximum atomic E-state index is 13.3. The van der Waals surface area contributed by atoms with Crippen molar-refractivity contribution in [2.24, 2.45) is 0 Å². The molecule has 2 N–H and O–H groups in total. The van der Waals surface area contributed by atoms with Crippen molar-refractivity contribution < 1.29 is 9.84 Å². The molecule has 6 heteroatoms. The topological polar surface area (TPSA) is 80.1 Å². The normalized spacial score (nSPS) is 11.2. The highest BCUT2D eigenvalue weighted by Gasteiger charge is 2.20. The molecule has 2 heterocycles. The van der Waals surface area contributed by atoms with E-state index in [2.05, 4.69) is 17.1 Å². The molecule has 6 nitrogen and oxygen atoms in total. The van der Waals surface area contributed by atoms with Gasteiger partial charge >= 0.3 is 0 Å². The molecule has 34 heavy (non-hydrogen) atoms. The first-order valence-electron chi connectivity index (χ1n) is 11.1. The fourth-order valence-corrected chi connectivity index (χ4v) is 4.12. The minimum absolute atomic E-state index is 0.136. The molecule has 0 aromatic heterocycles. The molecule has 0 saturated carbocycles. The Balaban J connectivity index is 1.60. The number of rotatable bonds is 7. The Morgan fingerprint density at radius 2 is 1.56 bits per heavy atom. The van der Waals surface area contributed by atoms with Crippen LogP contribution < -0.4 is 5.56 Å². The molecule has 0 fully saturated rings. The van der Waals surface area contributed by atoms with Crippen LogP contribution >= 0.6 is 0 Å². The van der Waals surface area contributed by atoms with Gasteiger partial charge in [0, 0.05) is 26.1 Å². The highest BCUT2D eigenvalue weighted by Crippen LogP contribution is 2.24. The van der Waals surface area contributed by atoms with Crippen LogP contribution in [0, 0.1) is 0 Å². The molecule has 5 rings (SSSR count). The van der Waals surface area contributed by atoms with E-state index in [9.17, 15) is 9.90 Å². The molecular formula is C28H25N3O3. The van der Waals surface area contributed by atoms with E-state index in [-0.39, 0.29) is 11.3 Å². The number of nitrogens with zero attached hydrogens (tertiary/aromatic N) is 2. The summed E-state index contributed by atoms with van der Waals surface area (Å²) < 4.78 is 6.86. The van der Waals surface area contributed by atoms with Crippen molar-refractivity contribution in [2.45, 2.75) is 19.4 Å². The van der Waals surface area contributed by atoms with E-state index in [0.29, 0.717) is 31.0 Å². The molecular weight excluding hydrogens is 426 g/mol. The number of aromatic amines is 1. The van der Waals surface area contributed by atoms with Gasteiger partial charge in [-0.05, 0) is 34.4 Å². The number of phenolic OH excluding ortho intramolecular Hbond substituents is 1. The highest BCUT2D eigenvalue weighted by molar-refractivity contribution is 5.60. The lowest BCUT2D eigenvalue weighted by molar-refractivity contribution is 0.185. The van der Waals surface area contributed by atoms with Crippen molar-refractivity contribution in [3.05, 3.63) is 123 Å². The number of ether oxygens (including phenoxy) is 1. The van der Waals surface area contributed by atoms with Gasteiger partial charge in [0.25, 0.3) is 5.56 Å². The smallest absolute Gasteiger partial charge is 0.278 e. The fraction of sp³-hybridized carbons (Fsp3) is 0.143. The minimum Gasteiger partial charge on any atom is -0.508 e. The molecule has 0 atom stereocenters. The lowest BCUT2D eigenvalue weighted by Crippen LogP contribution is -2.17. The summed E-state index contributed by atoms with van der Waals surface area (Å²) in [6, 6.07) is 25.1. The number of nitrogens with one attached hydrogen (secondary N) is 1. The number of H-pyrrole nitrogens is 1. The lowest BCUT2D eigenvalue weighted by atomic mass is 10.1. The molecule has 3 aromatic rings. The molecule has 170 valence electrons. The summed E-state index contributed by atoms with van der Waals surface area (Å²) in [5, 5.41) is 9.56. The number of aromatic nitrogens is 3. The number of hydrogen-bond acceptors (Lipinski definition) is 4. The van der Waals surface area contributed by atoms with Gasteiger partial charge in [-0.3, -0.25) is 9.36 Å². The first kappa shape index (κ1) is 21.7. The van der Waals surface area contributed by atoms with Crippen molar-refractivity contribution >= 4 is 0 Å². The number of phenols is 1. The molecule has 3 aromatic carbocycles. The van der Waals surface area contributed by atoms with Crippen LogP contribution in [-0.2, 0) is 24.2 Å². The van der Waals surface area contributed by atoms with E-state index in [4.69, 9.17) is 9.72 Å². The van der Waals surface area contributed by atoms with Crippen LogP contribution in [0.2, 0.25) is 0 Å². The Kier molecular flexibility index (Phi) is 5.97. The quantitative estimate of drug-likeness (QED) is 0.376. The van der Waals surface area contributed by atoms with Crippen LogP contribution in [0.1, 0.15) is 28.1 Å². The number of aromatic hydroxyl groups is 1. The summed E-state index contributed by atoms with van der Waals surface area (Å²) in [6.45, 7) is 0.551. The fourth-order valence-electron chi connectivity index (χ4n) is 4.12. The molecule has 0 aliphatic carbocycles. The number of fused-ring (bicyclic) bond motifs is 1. The van der Waals surface area contributed by atoms with Gasteiger partial charge in [0.1, 0.15) is 11.4 Å². The molecule has 0 saturated heterocycles. The number of imidazole rings is 1. The van der Waals surface area contributed by atoms with Gasteiger partial charge in [0.05, 0.1) is 18.0 Å². The first-order chi connectivity index (χ1) is 16.6. The largest absolute Gasteiger partial charge is 0.508 e. The first-order valence-corrected chi connectivity index (χ1v) is 11.1. The SMILES string of the molecule is COCc1ccc(-c2cn3c(=O)c(Cc4ccc(O)cc4)nc-3c(Cc3ccccc3)[nH]2)cc1. The predicted molar refractivity (Wildman–Crippen MR) is 132 cm³/mol. The van der Waals surface area contributed by atoms with E-state index in [1.807, 2.05) is 60.8 Å². The molecule has 2 aliphatic rings. The Morgan fingerprint density at radius 1 is 0.882 bits per heavy atom. The van der Waals surface area contributed by atoms with Gasteiger partial charge in [0.15, 0.2) is 5.82 Å². The maximum absolute atomic E-state index is 13.3. The van der Waals surface area contributed by atoms with Crippen LogP contribution in [0.15, 0.2) is 89.9 Å². The second-order valence-corrected chi connectivity index (χ2v) is 8.34. The summed E-state index contributed by atoms with van der Waals surface area (Å²) in [6.07, 6.45) is 2.84. The van der Waals surface area contributed by atoms with Gasteiger partial charge in [-0.15, -0.1) is 0 Å². The van der Waals surface area contributed by atoms with Crippen molar-refractivity contribution in [2.75, 3.05) is 7.11 Å². The van der Waals surface area contributed by atoms with E-state index >= 15 is 0 Å². The van der Waals surface area contributed by atoms with Crippen LogP contribution in [0.4, 0.5) is 0 Å². The second-order valence-electron chi connectivity index (χ2n) is 8.34. The zero-order chi connectivity index (χ0) is 23.5. The highest BCUT2D eigenvalue weighted by atomic mass is 16.5. The number of hydrogen-bond donors (Lipinski definition) is 2. The summed E-state index contributed by atoms with van der Waals surface area (Å²) in [5.74, 6) is 0.824. The van der Waals surface area contributed by atoms with Crippen molar-refractivity contribution in [1.82, 2.24) is 14.5 Å². The summed E-state index contributed by atoms with van der Waals surface area (Å²) in [5.41, 5.74) is 6.16. The summed E-state index contributed by atoms with van der Waals surface area (Å²) >= 11 is 0. The molecule has 0 spiro atoms. The second kappa shape index (κ2) is 9.37. The lowest BCUT2D eigenvalue weighted by Gasteiger charge is -2.13. The minimum atomic E-state index is -0.136. The van der Waals surface area contributed by atoms with Crippen LogP contribution in [0.25, 0.3) is 17.1 Å². The average Bonchev–Trinajstić information content (AvgIpc) is 3.17. The maximum Gasteiger partial charge on any atom is 0.278 e. The van der Waals surface area contributed by atoms with Crippen LogP contribution in [-0.4, -0.2) is 26.8 Å². The molecule has 0 amide bonds. The zero-order valence-electron chi connectivity index (χ0n) is 18.9. The van der Waals surface area contributed by atoms with E-state index in [1.54, 1.807) is 23.8 Å². The van der Waals surface area contributed by atoms with Crippen LogP contribution in [0.3, 0.4) is 0 Å². The monoisotopic (exact) mass is 451 g/mol. The molecule has 0 bridgehead atoms. The number of benzene rings is 3. The summed E-state index contributed by atoms with van der Waals surface area (Å²) in [7, 11) is 1.68. The summed E-state index contributed by atoms with van der Waals surface area (Å²) in [4.78, 5) is 21.6. The van der Waals surface area contributed by atoms with Crippen molar-refractivity contribution in [3.63, 3.8) is 0 Å². The Hall–Kier alpha value is -4.16. The third-order valence-electron chi connectivity index (χ3n) is 5.86. The van der Waals surface area contributed by atoms with Crippen LogP contribution in [0.5, 0.6) is 5.75 Å². The Morgan fingerprint density at radius 3 is 2.26 bits per heavy atom. The van der Waals surface area contributed by atoms with Gasteiger partial charge < -0.3 is 14.8 Å². The third kappa shape index (κ3) is 4.49. The molecule has 0 radical (unpaired) electrons. The molecule has 0 unspecified atom stereocenters. The molecule has 2 aliphatic heterocycles. The standard InChI is InChI=1S/C28H25N3O3/c1-34-18-21-7-11-22(12-8-21)26-17-31-27(24(29-26)15-19-5-3-2-4-6-19)30-25(28(31)33)16-20-9-13-23(32)14-10-20/h2-14,17,29,32H,15-16,18H2,1H3. The predicted octanol–water partition coefficient (Wildman–Crippen LogP) is 4.70.